The number of hydrogen-bond donors (Lipinski definition) is 0. The van der Waals surface area contributed by atoms with Gasteiger partial charge in [0, 0.05) is 23.6 Å². The van der Waals surface area contributed by atoms with E-state index in [2.05, 4.69) is 9.97 Å². The minimum Gasteiger partial charge on any atom is -0.298 e. The Hall–Kier alpha value is -3.15. The molecule has 2 aromatic carbocycles. The summed E-state index contributed by atoms with van der Waals surface area (Å²) in [5, 5.41) is 0. The van der Waals surface area contributed by atoms with E-state index in [4.69, 9.17) is 0 Å². The second kappa shape index (κ2) is 5.73. The standard InChI is InChI=1S/C19H12F3N3/c20-19(21,22)14-10-16(13-6-8-23-9-7-13)18-17(11-14)24-12-25(18)15-4-2-1-3-5-15/h1-12H. The number of aromatic nitrogens is 3. The lowest BCUT2D eigenvalue weighted by atomic mass is 10.0. The number of pyridine rings is 1. The summed E-state index contributed by atoms with van der Waals surface area (Å²) in [6, 6.07) is 15.0. The van der Waals surface area contributed by atoms with Gasteiger partial charge >= 0.3 is 6.18 Å². The van der Waals surface area contributed by atoms with E-state index in [1.807, 2.05) is 30.3 Å². The van der Waals surface area contributed by atoms with Gasteiger partial charge in [0.1, 0.15) is 6.33 Å². The second-order valence-corrected chi connectivity index (χ2v) is 5.58. The molecule has 0 atom stereocenters. The predicted octanol–water partition coefficient (Wildman–Crippen LogP) is 5.11. The highest BCUT2D eigenvalue weighted by atomic mass is 19.4. The van der Waals surface area contributed by atoms with Gasteiger partial charge in [-0.2, -0.15) is 13.2 Å². The van der Waals surface area contributed by atoms with Crippen molar-refractivity contribution in [2.75, 3.05) is 0 Å². The van der Waals surface area contributed by atoms with Crippen LogP contribution in [0.25, 0.3) is 27.8 Å². The average molecular weight is 339 g/mol. The number of nitrogens with zero attached hydrogens (tertiary/aromatic N) is 3. The number of fused-ring (bicyclic) bond motifs is 1. The van der Waals surface area contributed by atoms with Gasteiger partial charge in [0.05, 0.1) is 16.6 Å². The van der Waals surface area contributed by atoms with Crippen molar-refractivity contribution in [3.8, 4) is 16.8 Å². The molecule has 25 heavy (non-hydrogen) atoms. The molecular weight excluding hydrogens is 327 g/mol. The number of benzene rings is 2. The summed E-state index contributed by atoms with van der Waals surface area (Å²) in [5.41, 5.74) is 2.17. The summed E-state index contributed by atoms with van der Waals surface area (Å²) in [4.78, 5) is 8.15. The molecule has 2 aromatic heterocycles. The van der Waals surface area contributed by atoms with Crippen LogP contribution < -0.4 is 0 Å². The molecule has 0 spiro atoms. The Morgan fingerprint density at radius 2 is 1.60 bits per heavy atom. The molecule has 4 aromatic rings. The van der Waals surface area contributed by atoms with Crippen LogP contribution in [0.3, 0.4) is 0 Å². The van der Waals surface area contributed by atoms with E-state index < -0.39 is 11.7 Å². The van der Waals surface area contributed by atoms with E-state index in [-0.39, 0.29) is 0 Å². The van der Waals surface area contributed by atoms with Crippen molar-refractivity contribution < 1.29 is 13.2 Å². The maximum Gasteiger partial charge on any atom is 0.416 e. The topological polar surface area (TPSA) is 30.7 Å². The quantitative estimate of drug-likeness (QED) is 0.508. The fourth-order valence-corrected chi connectivity index (χ4v) is 2.85. The number of rotatable bonds is 2. The summed E-state index contributed by atoms with van der Waals surface area (Å²) in [6.07, 6.45) is 0.229. The number of halogens is 3. The Morgan fingerprint density at radius 3 is 2.28 bits per heavy atom. The van der Waals surface area contributed by atoms with Crippen LogP contribution in [0.2, 0.25) is 0 Å². The maximum absolute atomic E-state index is 13.3. The average Bonchev–Trinajstić information content (AvgIpc) is 3.06. The third-order valence-corrected chi connectivity index (χ3v) is 4.00. The van der Waals surface area contributed by atoms with Crippen molar-refractivity contribution in [2.45, 2.75) is 6.18 Å². The first-order valence-corrected chi connectivity index (χ1v) is 7.58. The van der Waals surface area contributed by atoms with Crippen molar-refractivity contribution in [3.63, 3.8) is 0 Å². The van der Waals surface area contributed by atoms with E-state index in [1.165, 1.54) is 6.07 Å². The van der Waals surface area contributed by atoms with E-state index >= 15 is 0 Å². The molecule has 0 fully saturated rings. The Morgan fingerprint density at radius 1 is 0.880 bits per heavy atom. The number of alkyl halides is 3. The second-order valence-electron chi connectivity index (χ2n) is 5.58. The van der Waals surface area contributed by atoms with Crippen LogP contribution in [0.1, 0.15) is 5.56 Å². The Bertz CT molecular complexity index is 1020. The zero-order valence-electron chi connectivity index (χ0n) is 12.9. The van der Waals surface area contributed by atoms with Gasteiger partial charge in [-0.1, -0.05) is 18.2 Å². The van der Waals surface area contributed by atoms with Crippen LogP contribution in [-0.2, 0) is 6.18 Å². The molecular formula is C19H12F3N3. The van der Waals surface area contributed by atoms with Gasteiger partial charge in [-0.3, -0.25) is 9.55 Å². The van der Waals surface area contributed by atoms with Gasteiger partial charge in [0.15, 0.2) is 0 Å². The van der Waals surface area contributed by atoms with Crippen LogP contribution in [0, 0.1) is 0 Å². The van der Waals surface area contributed by atoms with Crippen LogP contribution in [0.15, 0.2) is 73.3 Å². The van der Waals surface area contributed by atoms with E-state index in [0.717, 1.165) is 11.8 Å². The molecule has 0 unspecified atom stereocenters. The van der Waals surface area contributed by atoms with Crippen LogP contribution in [0.5, 0.6) is 0 Å². The minimum absolute atomic E-state index is 0.297. The van der Waals surface area contributed by atoms with Crippen LogP contribution in [-0.4, -0.2) is 14.5 Å². The zero-order chi connectivity index (χ0) is 17.4. The largest absolute Gasteiger partial charge is 0.416 e. The van der Waals surface area contributed by atoms with E-state index in [1.54, 1.807) is 35.4 Å². The number of imidazole rings is 1. The van der Waals surface area contributed by atoms with Gasteiger partial charge in [0.25, 0.3) is 0 Å². The zero-order valence-corrected chi connectivity index (χ0v) is 12.9. The molecule has 4 rings (SSSR count). The van der Waals surface area contributed by atoms with Gasteiger partial charge in [-0.05, 0) is 42.0 Å². The summed E-state index contributed by atoms with van der Waals surface area (Å²) < 4.78 is 41.7. The SMILES string of the molecule is FC(F)(F)c1cc(-c2ccncc2)c2c(c1)ncn2-c1ccccc1. The van der Waals surface area contributed by atoms with E-state index in [0.29, 0.717) is 22.2 Å². The summed E-state index contributed by atoms with van der Waals surface area (Å²) in [7, 11) is 0. The van der Waals surface area contributed by atoms with Crippen LogP contribution in [0.4, 0.5) is 13.2 Å². The molecule has 0 saturated carbocycles. The summed E-state index contributed by atoms with van der Waals surface area (Å²) >= 11 is 0. The van der Waals surface area contributed by atoms with Gasteiger partial charge in [-0.25, -0.2) is 4.98 Å². The molecule has 0 aliphatic carbocycles. The Balaban J connectivity index is 2.06. The first-order chi connectivity index (χ1) is 12.0. The van der Waals surface area contributed by atoms with Gasteiger partial charge < -0.3 is 0 Å². The van der Waals surface area contributed by atoms with Crippen molar-refractivity contribution >= 4 is 11.0 Å². The predicted molar refractivity (Wildman–Crippen MR) is 89.3 cm³/mol. The molecule has 0 radical (unpaired) electrons. The Labute approximate surface area is 141 Å². The number of hydrogen-bond acceptors (Lipinski definition) is 2. The third kappa shape index (κ3) is 2.76. The fourth-order valence-electron chi connectivity index (χ4n) is 2.85. The lowest BCUT2D eigenvalue weighted by Gasteiger charge is -2.13. The van der Waals surface area contributed by atoms with Crippen molar-refractivity contribution in [1.82, 2.24) is 14.5 Å². The summed E-state index contributed by atoms with van der Waals surface area (Å²) in [5.74, 6) is 0. The minimum atomic E-state index is -4.44. The molecule has 0 bridgehead atoms. The molecule has 2 heterocycles. The van der Waals surface area contributed by atoms with Crippen molar-refractivity contribution in [3.05, 3.63) is 78.9 Å². The van der Waals surface area contributed by atoms with E-state index in [9.17, 15) is 13.2 Å². The van der Waals surface area contributed by atoms with Crippen LogP contribution >= 0.6 is 0 Å². The molecule has 0 aliphatic rings. The lowest BCUT2D eigenvalue weighted by molar-refractivity contribution is -0.137. The molecule has 0 amide bonds. The highest BCUT2D eigenvalue weighted by Gasteiger charge is 2.32. The maximum atomic E-state index is 13.3. The smallest absolute Gasteiger partial charge is 0.298 e. The molecule has 0 N–H and O–H groups in total. The normalized spacial score (nSPS) is 11.8. The first-order valence-electron chi connectivity index (χ1n) is 7.58. The Kier molecular flexibility index (Phi) is 3.53. The highest BCUT2D eigenvalue weighted by Crippen LogP contribution is 2.37. The highest BCUT2D eigenvalue weighted by molar-refractivity contribution is 5.94. The lowest BCUT2D eigenvalue weighted by Crippen LogP contribution is -2.05. The molecule has 0 aliphatic heterocycles. The molecule has 0 saturated heterocycles. The van der Waals surface area contributed by atoms with Gasteiger partial charge in [0.2, 0.25) is 0 Å². The first kappa shape index (κ1) is 15.4. The van der Waals surface area contributed by atoms with Crippen molar-refractivity contribution in [2.24, 2.45) is 0 Å². The molecule has 3 nitrogen and oxygen atoms in total. The van der Waals surface area contributed by atoms with Gasteiger partial charge in [-0.15, -0.1) is 0 Å². The van der Waals surface area contributed by atoms with Crippen molar-refractivity contribution in [1.29, 1.82) is 0 Å². The number of para-hydroxylation sites is 1. The summed E-state index contributed by atoms with van der Waals surface area (Å²) in [6.45, 7) is 0. The molecule has 124 valence electrons. The fraction of sp³-hybridized carbons (Fsp3) is 0.0526. The molecule has 6 heteroatoms. The third-order valence-electron chi connectivity index (χ3n) is 4.00. The monoisotopic (exact) mass is 339 g/mol.